The Labute approximate surface area is 110 Å². The van der Waals surface area contributed by atoms with Crippen LogP contribution in [0.1, 0.15) is 0 Å². The highest BCUT2D eigenvalue weighted by Gasteiger charge is 2.03. The van der Waals surface area contributed by atoms with Crippen LogP contribution in [-0.4, -0.2) is 41.8 Å². The molecule has 0 fully saturated rings. The molecule has 0 unspecified atom stereocenters. The number of hydrogen-bond acceptors (Lipinski definition) is 8. The van der Waals surface area contributed by atoms with Gasteiger partial charge in [-0.3, -0.25) is 0 Å². The summed E-state index contributed by atoms with van der Waals surface area (Å²) in [6.45, 7) is 0. The Morgan fingerprint density at radius 1 is 0.737 bits per heavy atom. The van der Waals surface area contributed by atoms with Crippen molar-refractivity contribution in [1.82, 2.24) is 19.9 Å². The summed E-state index contributed by atoms with van der Waals surface area (Å²) in [7, 11) is 2.97. The van der Waals surface area contributed by atoms with Crippen molar-refractivity contribution in [3.63, 3.8) is 0 Å². The lowest BCUT2D eigenvalue weighted by Gasteiger charge is -2.06. The molecule has 0 saturated heterocycles. The summed E-state index contributed by atoms with van der Waals surface area (Å²) >= 11 is 0. The van der Waals surface area contributed by atoms with Crippen LogP contribution < -0.4 is 18.8 Å². The Morgan fingerprint density at radius 2 is 1.11 bits per heavy atom. The first-order valence-electron chi connectivity index (χ1n) is 5.29. The molecule has 2 heterocycles. The van der Waals surface area contributed by atoms with Crippen LogP contribution in [0.25, 0.3) is 0 Å². The molecule has 0 spiro atoms. The fourth-order valence-corrected chi connectivity index (χ4v) is 1.13. The predicted molar refractivity (Wildman–Crippen MR) is 65.6 cm³/mol. The second-order valence-corrected chi connectivity index (χ2v) is 3.22. The average molecular weight is 262 g/mol. The van der Waals surface area contributed by atoms with Crippen molar-refractivity contribution in [2.24, 2.45) is 0 Å². The molecule has 0 bridgehead atoms. The van der Waals surface area contributed by atoms with Gasteiger partial charge in [-0.2, -0.15) is 19.9 Å². The maximum atomic E-state index is 5.28. The lowest BCUT2D eigenvalue weighted by molar-refractivity contribution is 0.374. The largest absolute Gasteiger partial charge is 0.576 e. The van der Waals surface area contributed by atoms with Gasteiger partial charge in [0, 0.05) is 0 Å². The highest BCUT2D eigenvalue weighted by molar-refractivity contribution is 6.20. The second kappa shape index (κ2) is 6.38. The lowest BCUT2D eigenvalue weighted by Crippen LogP contribution is -2.11. The third kappa shape index (κ3) is 3.70. The first-order valence-corrected chi connectivity index (χ1v) is 5.29. The normalized spacial score (nSPS) is 9.58. The molecule has 98 valence electrons. The number of hydrogen-bond donors (Lipinski definition) is 0. The summed E-state index contributed by atoms with van der Waals surface area (Å²) in [5, 5.41) is 0. The zero-order valence-corrected chi connectivity index (χ0v) is 10.4. The molecule has 2 aromatic heterocycles. The Hall–Kier alpha value is -2.58. The van der Waals surface area contributed by atoms with Crippen LogP contribution in [0.3, 0.4) is 0 Å². The molecular formula is C10H11BN4O4. The fraction of sp³-hybridized carbons (Fsp3) is 0.200. The first kappa shape index (κ1) is 12.9. The van der Waals surface area contributed by atoms with Gasteiger partial charge in [-0.1, -0.05) is 0 Å². The monoisotopic (exact) mass is 262 g/mol. The number of methoxy groups -OCH3 is 2. The van der Waals surface area contributed by atoms with Gasteiger partial charge in [0.2, 0.25) is 0 Å². The minimum absolute atomic E-state index is 0.00855. The molecule has 0 atom stereocenters. The van der Waals surface area contributed by atoms with E-state index in [-0.39, 0.29) is 19.7 Å². The van der Waals surface area contributed by atoms with Gasteiger partial charge < -0.3 is 18.8 Å². The summed E-state index contributed by atoms with van der Waals surface area (Å²) in [6, 6.07) is 0.550. The minimum Gasteiger partial charge on any atom is -0.526 e. The minimum atomic E-state index is -0.00855. The third-order valence-corrected chi connectivity index (χ3v) is 2.03. The van der Waals surface area contributed by atoms with E-state index in [0.29, 0.717) is 11.5 Å². The number of aromatic nitrogens is 4. The molecule has 19 heavy (non-hydrogen) atoms. The van der Waals surface area contributed by atoms with Crippen molar-refractivity contribution in [1.29, 1.82) is 0 Å². The van der Waals surface area contributed by atoms with Crippen molar-refractivity contribution >= 4 is 7.69 Å². The maximum Gasteiger partial charge on any atom is 0.576 e. The smallest absolute Gasteiger partial charge is 0.526 e. The Kier molecular flexibility index (Phi) is 4.32. The second-order valence-electron chi connectivity index (χ2n) is 3.22. The van der Waals surface area contributed by atoms with Crippen LogP contribution >= 0.6 is 0 Å². The first-order chi connectivity index (χ1) is 9.31. The van der Waals surface area contributed by atoms with Crippen LogP contribution in [0.2, 0.25) is 0 Å². The van der Waals surface area contributed by atoms with Gasteiger partial charge in [0.15, 0.2) is 0 Å². The van der Waals surface area contributed by atoms with Gasteiger partial charge in [0.05, 0.1) is 39.0 Å². The molecule has 0 radical (unpaired) electrons. The van der Waals surface area contributed by atoms with Crippen LogP contribution in [0.4, 0.5) is 0 Å². The van der Waals surface area contributed by atoms with E-state index >= 15 is 0 Å². The zero-order chi connectivity index (χ0) is 13.5. The summed E-state index contributed by atoms with van der Waals surface area (Å²) < 4.78 is 20.2. The standard InChI is InChI=1S/C10H11BN4O4/c1-16-9-12-3-7(4-13-9)18-11-19-8-5-14-10(17-2)15-6-8/h3-6,11H,1-2H3. The van der Waals surface area contributed by atoms with Gasteiger partial charge in [-0.05, 0) is 0 Å². The highest BCUT2D eigenvalue weighted by Crippen LogP contribution is 2.11. The van der Waals surface area contributed by atoms with Gasteiger partial charge in [0.25, 0.3) is 0 Å². The number of ether oxygens (including phenoxy) is 2. The molecule has 0 aromatic carbocycles. The number of rotatable bonds is 6. The van der Waals surface area contributed by atoms with Crippen molar-refractivity contribution in [2.45, 2.75) is 0 Å². The summed E-state index contributed by atoms with van der Waals surface area (Å²) in [5.41, 5.74) is 0. The van der Waals surface area contributed by atoms with Crippen LogP contribution in [0.15, 0.2) is 24.8 Å². The summed E-state index contributed by atoms with van der Waals surface area (Å²) in [6.07, 6.45) is 5.94. The Morgan fingerprint density at radius 3 is 1.42 bits per heavy atom. The van der Waals surface area contributed by atoms with E-state index in [9.17, 15) is 0 Å². The molecule has 0 N–H and O–H groups in total. The van der Waals surface area contributed by atoms with E-state index in [2.05, 4.69) is 19.9 Å². The van der Waals surface area contributed by atoms with E-state index in [1.54, 1.807) is 0 Å². The van der Waals surface area contributed by atoms with E-state index < -0.39 is 0 Å². The van der Waals surface area contributed by atoms with E-state index in [1.165, 1.54) is 39.0 Å². The topological polar surface area (TPSA) is 88.5 Å². The van der Waals surface area contributed by atoms with Crippen LogP contribution in [0, 0.1) is 0 Å². The highest BCUT2D eigenvalue weighted by atomic mass is 16.6. The van der Waals surface area contributed by atoms with Gasteiger partial charge in [0.1, 0.15) is 11.5 Å². The van der Waals surface area contributed by atoms with E-state index in [1.807, 2.05) is 0 Å². The van der Waals surface area contributed by atoms with Crippen molar-refractivity contribution in [3.05, 3.63) is 24.8 Å². The maximum absolute atomic E-state index is 5.28. The predicted octanol–water partition coefficient (Wildman–Crippen LogP) is 0.00810. The summed E-state index contributed by atoms with van der Waals surface area (Å²) in [4.78, 5) is 15.6. The number of nitrogens with zero attached hydrogens (tertiary/aromatic N) is 4. The van der Waals surface area contributed by atoms with Gasteiger partial charge in [-0.15, -0.1) is 0 Å². The molecule has 2 aromatic rings. The van der Waals surface area contributed by atoms with Crippen molar-refractivity contribution in [3.8, 4) is 23.5 Å². The SMILES string of the molecule is COc1ncc(OBOc2cnc(OC)nc2)cn1. The average Bonchev–Trinajstić information content (AvgIpc) is 2.49. The van der Waals surface area contributed by atoms with E-state index in [4.69, 9.17) is 18.8 Å². The third-order valence-electron chi connectivity index (χ3n) is 2.03. The van der Waals surface area contributed by atoms with Gasteiger partial charge >= 0.3 is 19.7 Å². The molecule has 0 saturated carbocycles. The Bertz CT molecular complexity index is 460. The molecule has 0 amide bonds. The zero-order valence-electron chi connectivity index (χ0n) is 10.4. The molecule has 8 nitrogen and oxygen atoms in total. The molecule has 0 aliphatic heterocycles. The molecule has 0 aliphatic rings. The molecule has 2 rings (SSSR count). The van der Waals surface area contributed by atoms with Gasteiger partial charge in [-0.25, -0.2) is 0 Å². The summed E-state index contributed by atoms with van der Waals surface area (Å²) in [5.74, 6) is 0.936. The molecule has 0 aliphatic carbocycles. The molecular weight excluding hydrogens is 251 g/mol. The van der Waals surface area contributed by atoms with Crippen LogP contribution in [-0.2, 0) is 0 Å². The van der Waals surface area contributed by atoms with Crippen molar-refractivity contribution in [2.75, 3.05) is 14.2 Å². The van der Waals surface area contributed by atoms with E-state index in [0.717, 1.165) is 0 Å². The lowest BCUT2D eigenvalue weighted by atomic mass is 10.3. The Balaban J connectivity index is 1.81. The van der Waals surface area contributed by atoms with Crippen LogP contribution in [0.5, 0.6) is 23.5 Å². The molecule has 9 heteroatoms. The van der Waals surface area contributed by atoms with Crippen molar-refractivity contribution < 1.29 is 18.8 Å². The fourth-order valence-electron chi connectivity index (χ4n) is 1.13. The quantitative estimate of drug-likeness (QED) is 0.672.